The number of halogens is 1. The molecule has 0 atom stereocenters. The van der Waals surface area contributed by atoms with Gasteiger partial charge in [-0.1, -0.05) is 22.9 Å². The van der Waals surface area contributed by atoms with E-state index in [0.29, 0.717) is 24.5 Å². The molecule has 0 bridgehead atoms. The zero-order valence-corrected chi connectivity index (χ0v) is 11.1. The number of carbonyl (C=O) groups excluding carboxylic acids is 1. The highest BCUT2D eigenvalue weighted by Crippen LogP contribution is 2.23. The molecule has 4 heteroatoms. The Morgan fingerprint density at radius 1 is 1.44 bits per heavy atom. The summed E-state index contributed by atoms with van der Waals surface area (Å²) in [6.45, 7) is 5.15. The van der Waals surface area contributed by atoms with Gasteiger partial charge < -0.3 is 10.1 Å². The molecule has 3 nitrogen and oxygen atoms in total. The number of benzene rings is 1. The number of nitrogens with one attached hydrogen (secondary N) is 1. The smallest absolute Gasteiger partial charge is 0.255 e. The lowest BCUT2D eigenvalue weighted by molar-refractivity contribution is 0.0951. The van der Waals surface area contributed by atoms with E-state index < -0.39 is 0 Å². The van der Waals surface area contributed by atoms with Crippen LogP contribution >= 0.6 is 15.9 Å². The summed E-state index contributed by atoms with van der Waals surface area (Å²) >= 11 is 3.35. The van der Waals surface area contributed by atoms with Crippen LogP contribution in [0.2, 0.25) is 0 Å². The standard InChI is InChI=1S/C12H16BrNO2/c1-3-7-16-11-6-5-9(13)8-10(11)12(15)14-4-2/h5-6,8H,3-4,7H2,1-2H3,(H,14,15). The maximum absolute atomic E-state index is 11.8. The minimum absolute atomic E-state index is 0.102. The van der Waals surface area contributed by atoms with Gasteiger partial charge in [0.05, 0.1) is 12.2 Å². The van der Waals surface area contributed by atoms with Crippen LogP contribution in [0.15, 0.2) is 22.7 Å². The van der Waals surface area contributed by atoms with Gasteiger partial charge in [-0.15, -0.1) is 0 Å². The van der Waals surface area contributed by atoms with Crippen molar-refractivity contribution >= 4 is 21.8 Å². The van der Waals surface area contributed by atoms with Gasteiger partial charge in [0.2, 0.25) is 0 Å². The third-order valence-electron chi connectivity index (χ3n) is 1.99. The predicted molar refractivity (Wildman–Crippen MR) is 67.9 cm³/mol. The van der Waals surface area contributed by atoms with Crippen molar-refractivity contribution in [3.05, 3.63) is 28.2 Å². The quantitative estimate of drug-likeness (QED) is 0.903. The summed E-state index contributed by atoms with van der Waals surface area (Å²) < 4.78 is 6.40. The van der Waals surface area contributed by atoms with Gasteiger partial charge in [0.15, 0.2) is 0 Å². The molecule has 0 saturated carbocycles. The van der Waals surface area contributed by atoms with Gasteiger partial charge in [-0.2, -0.15) is 0 Å². The highest BCUT2D eigenvalue weighted by molar-refractivity contribution is 9.10. The van der Waals surface area contributed by atoms with Crippen LogP contribution in [0.4, 0.5) is 0 Å². The molecule has 88 valence electrons. The van der Waals surface area contributed by atoms with Crippen molar-refractivity contribution in [1.82, 2.24) is 5.32 Å². The number of hydrogen-bond acceptors (Lipinski definition) is 2. The first-order valence-electron chi connectivity index (χ1n) is 5.39. The Balaban J connectivity index is 2.93. The second-order valence-electron chi connectivity index (χ2n) is 3.35. The summed E-state index contributed by atoms with van der Waals surface area (Å²) in [5, 5.41) is 2.77. The molecule has 0 unspecified atom stereocenters. The van der Waals surface area contributed by atoms with E-state index in [9.17, 15) is 4.79 Å². The first-order valence-corrected chi connectivity index (χ1v) is 6.18. The molecule has 0 spiro atoms. The Kier molecular flexibility index (Phi) is 5.32. The van der Waals surface area contributed by atoms with Crippen LogP contribution in [-0.4, -0.2) is 19.1 Å². The highest BCUT2D eigenvalue weighted by atomic mass is 79.9. The maximum Gasteiger partial charge on any atom is 0.255 e. The maximum atomic E-state index is 11.8. The Morgan fingerprint density at radius 2 is 2.19 bits per heavy atom. The summed E-state index contributed by atoms with van der Waals surface area (Å²) in [5.41, 5.74) is 0.574. The van der Waals surface area contributed by atoms with Crippen molar-refractivity contribution in [2.24, 2.45) is 0 Å². The first-order chi connectivity index (χ1) is 7.69. The topological polar surface area (TPSA) is 38.3 Å². The molecular weight excluding hydrogens is 270 g/mol. The van der Waals surface area contributed by atoms with E-state index in [0.717, 1.165) is 10.9 Å². The van der Waals surface area contributed by atoms with Gasteiger partial charge in [0, 0.05) is 11.0 Å². The molecule has 0 aliphatic rings. The third kappa shape index (κ3) is 3.52. The van der Waals surface area contributed by atoms with Crippen LogP contribution < -0.4 is 10.1 Å². The Hall–Kier alpha value is -1.03. The largest absolute Gasteiger partial charge is 0.493 e. The van der Waals surface area contributed by atoms with Crippen LogP contribution in [0.25, 0.3) is 0 Å². The molecule has 0 aromatic heterocycles. The molecule has 0 aliphatic carbocycles. The number of hydrogen-bond donors (Lipinski definition) is 1. The minimum atomic E-state index is -0.102. The number of carbonyl (C=O) groups is 1. The van der Waals surface area contributed by atoms with Crippen LogP contribution in [-0.2, 0) is 0 Å². The molecule has 0 fully saturated rings. The van der Waals surface area contributed by atoms with Gasteiger partial charge in [0.25, 0.3) is 5.91 Å². The summed E-state index contributed by atoms with van der Waals surface area (Å²) in [6.07, 6.45) is 0.922. The molecule has 0 saturated heterocycles. The van der Waals surface area contributed by atoms with Gasteiger partial charge in [0.1, 0.15) is 5.75 Å². The van der Waals surface area contributed by atoms with Gasteiger partial charge in [-0.25, -0.2) is 0 Å². The normalized spacial score (nSPS) is 9.94. The molecule has 1 N–H and O–H groups in total. The van der Waals surface area contributed by atoms with Gasteiger partial charge in [-0.05, 0) is 31.5 Å². The van der Waals surface area contributed by atoms with E-state index in [1.807, 2.05) is 26.0 Å². The third-order valence-corrected chi connectivity index (χ3v) is 2.48. The fourth-order valence-electron chi connectivity index (χ4n) is 1.27. The molecule has 0 radical (unpaired) electrons. The summed E-state index contributed by atoms with van der Waals surface area (Å²) in [4.78, 5) is 11.8. The fraction of sp³-hybridized carbons (Fsp3) is 0.417. The molecule has 0 heterocycles. The average Bonchev–Trinajstić information content (AvgIpc) is 2.27. The lowest BCUT2D eigenvalue weighted by atomic mass is 10.2. The lowest BCUT2D eigenvalue weighted by Crippen LogP contribution is -2.23. The van der Waals surface area contributed by atoms with E-state index in [4.69, 9.17) is 4.74 Å². The molecule has 1 aromatic rings. The van der Waals surface area contributed by atoms with Crippen molar-refractivity contribution in [2.75, 3.05) is 13.2 Å². The lowest BCUT2D eigenvalue weighted by Gasteiger charge is -2.10. The predicted octanol–water partition coefficient (Wildman–Crippen LogP) is 2.99. The van der Waals surface area contributed by atoms with E-state index in [2.05, 4.69) is 21.2 Å². The summed E-state index contributed by atoms with van der Waals surface area (Å²) in [6, 6.07) is 5.45. The number of rotatable bonds is 5. The van der Waals surface area contributed by atoms with E-state index >= 15 is 0 Å². The van der Waals surface area contributed by atoms with Crippen LogP contribution in [0, 0.1) is 0 Å². The van der Waals surface area contributed by atoms with Gasteiger partial charge in [-0.3, -0.25) is 4.79 Å². The van der Waals surface area contributed by atoms with Crippen molar-refractivity contribution < 1.29 is 9.53 Å². The van der Waals surface area contributed by atoms with Crippen LogP contribution in [0.5, 0.6) is 5.75 Å². The molecule has 1 rings (SSSR count). The average molecular weight is 286 g/mol. The van der Waals surface area contributed by atoms with Gasteiger partial charge >= 0.3 is 0 Å². The monoisotopic (exact) mass is 285 g/mol. The highest BCUT2D eigenvalue weighted by Gasteiger charge is 2.12. The van der Waals surface area contributed by atoms with Crippen LogP contribution in [0.1, 0.15) is 30.6 Å². The molecule has 16 heavy (non-hydrogen) atoms. The summed E-state index contributed by atoms with van der Waals surface area (Å²) in [5.74, 6) is 0.533. The summed E-state index contributed by atoms with van der Waals surface area (Å²) in [7, 11) is 0. The Morgan fingerprint density at radius 3 is 2.81 bits per heavy atom. The number of amides is 1. The molecular formula is C12H16BrNO2. The second-order valence-corrected chi connectivity index (χ2v) is 4.26. The molecule has 1 aromatic carbocycles. The van der Waals surface area contributed by atoms with Crippen molar-refractivity contribution in [3.8, 4) is 5.75 Å². The molecule has 0 aliphatic heterocycles. The van der Waals surface area contributed by atoms with Crippen molar-refractivity contribution in [3.63, 3.8) is 0 Å². The number of ether oxygens (including phenoxy) is 1. The Labute approximate surface area is 104 Å². The SMILES string of the molecule is CCCOc1ccc(Br)cc1C(=O)NCC. The fourth-order valence-corrected chi connectivity index (χ4v) is 1.63. The van der Waals surface area contributed by atoms with E-state index in [-0.39, 0.29) is 5.91 Å². The van der Waals surface area contributed by atoms with Crippen molar-refractivity contribution in [2.45, 2.75) is 20.3 Å². The second kappa shape index (κ2) is 6.53. The molecule has 1 amide bonds. The van der Waals surface area contributed by atoms with Crippen LogP contribution in [0.3, 0.4) is 0 Å². The van der Waals surface area contributed by atoms with E-state index in [1.54, 1.807) is 6.07 Å². The Bertz CT molecular complexity index is 366. The first kappa shape index (κ1) is 13.0. The minimum Gasteiger partial charge on any atom is -0.493 e. The zero-order valence-electron chi connectivity index (χ0n) is 9.55. The van der Waals surface area contributed by atoms with Crippen molar-refractivity contribution in [1.29, 1.82) is 0 Å². The van der Waals surface area contributed by atoms with E-state index in [1.165, 1.54) is 0 Å². The zero-order chi connectivity index (χ0) is 12.0.